The summed E-state index contributed by atoms with van der Waals surface area (Å²) in [6, 6.07) is 20.7. The van der Waals surface area contributed by atoms with E-state index in [2.05, 4.69) is 43.9 Å². The SMILES string of the molecule is CCCCCCCOc1ccc(C(=O)NNC(=O)c2ccc(NC(=O)c3ccc(C(C)(C)C)cc3)cc2)cc1. The Kier molecular flexibility index (Phi) is 10.7. The number of hydrogen-bond donors (Lipinski definition) is 3. The molecule has 0 spiro atoms. The molecule has 0 saturated heterocycles. The molecule has 7 heteroatoms. The molecule has 0 aliphatic carbocycles. The van der Waals surface area contributed by atoms with E-state index in [-0.39, 0.29) is 11.3 Å². The second-order valence-corrected chi connectivity index (χ2v) is 10.6. The topological polar surface area (TPSA) is 96.5 Å². The predicted octanol–water partition coefficient (Wildman–Crippen LogP) is 6.66. The number of amides is 3. The number of carbonyl (C=O) groups excluding carboxylic acids is 3. The van der Waals surface area contributed by atoms with Crippen molar-refractivity contribution in [3.8, 4) is 5.75 Å². The largest absolute Gasteiger partial charge is 0.494 e. The maximum Gasteiger partial charge on any atom is 0.269 e. The number of nitrogens with one attached hydrogen (secondary N) is 3. The van der Waals surface area contributed by atoms with Gasteiger partial charge in [0.15, 0.2) is 0 Å². The monoisotopic (exact) mass is 529 g/mol. The van der Waals surface area contributed by atoms with Gasteiger partial charge in [-0.15, -0.1) is 0 Å². The second-order valence-electron chi connectivity index (χ2n) is 10.6. The molecule has 0 atom stereocenters. The van der Waals surface area contributed by atoms with E-state index in [1.807, 2.05) is 12.1 Å². The molecule has 3 aromatic rings. The number of rotatable bonds is 11. The minimum atomic E-state index is -0.470. The molecule has 3 rings (SSSR count). The van der Waals surface area contributed by atoms with Gasteiger partial charge in [-0.25, -0.2) is 0 Å². The first kappa shape index (κ1) is 29.4. The molecule has 206 valence electrons. The number of unbranched alkanes of at least 4 members (excludes halogenated alkanes) is 4. The third kappa shape index (κ3) is 9.28. The number of carbonyl (C=O) groups is 3. The van der Waals surface area contributed by atoms with E-state index < -0.39 is 11.8 Å². The Hall–Kier alpha value is -4.13. The van der Waals surface area contributed by atoms with E-state index in [4.69, 9.17) is 4.74 Å². The highest BCUT2D eigenvalue weighted by Gasteiger charge is 2.15. The summed E-state index contributed by atoms with van der Waals surface area (Å²) in [5, 5.41) is 2.83. The van der Waals surface area contributed by atoms with Gasteiger partial charge in [-0.2, -0.15) is 0 Å². The molecule has 0 saturated carbocycles. The van der Waals surface area contributed by atoms with Gasteiger partial charge < -0.3 is 10.1 Å². The summed E-state index contributed by atoms with van der Waals surface area (Å²) in [7, 11) is 0. The number of hydrogen-bond acceptors (Lipinski definition) is 4. The summed E-state index contributed by atoms with van der Waals surface area (Å²) < 4.78 is 5.72. The van der Waals surface area contributed by atoms with Crippen molar-refractivity contribution in [1.82, 2.24) is 10.9 Å². The molecular weight excluding hydrogens is 490 g/mol. The minimum Gasteiger partial charge on any atom is -0.494 e. The molecule has 3 aromatic carbocycles. The fraction of sp³-hybridized carbons (Fsp3) is 0.344. The van der Waals surface area contributed by atoms with Gasteiger partial charge in [0, 0.05) is 22.4 Å². The zero-order valence-corrected chi connectivity index (χ0v) is 23.3. The van der Waals surface area contributed by atoms with Crippen molar-refractivity contribution >= 4 is 23.4 Å². The van der Waals surface area contributed by atoms with E-state index in [1.165, 1.54) is 19.3 Å². The lowest BCUT2D eigenvalue weighted by Crippen LogP contribution is -2.41. The number of benzene rings is 3. The van der Waals surface area contributed by atoms with Crippen LogP contribution in [0.1, 0.15) is 96.4 Å². The lowest BCUT2D eigenvalue weighted by atomic mass is 9.87. The van der Waals surface area contributed by atoms with Crippen molar-refractivity contribution in [3.63, 3.8) is 0 Å². The summed E-state index contributed by atoms with van der Waals surface area (Å²) >= 11 is 0. The normalized spacial score (nSPS) is 11.0. The van der Waals surface area contributed by atoms with Crippen LogP contribution in [0.5, 0.6) is 5.75 Å². The molecule has 39 heavy (non-hydrogen) atoms. The summed E-state index contributed by atoms with van der Waals surface area (Å²) in [6.07, 6.45) is 5.84. The highest BCUT2D eigenvalue weighted by atomic mass is 16.5. The molecule has 0 fully saturated rings. The second kappa shape index (κ2) is 14.1. The van der Waals surface area contributed by atoms with Gasteiger partial charge >= 0.3 is 0 Å². The first-order valence-corrected chi connectivity index (χ1v) is 13.5. The van der Waals surface area contributed by atoms with E-state index in [0.717, 1.165) is 18.4 Å². The Morgan fingerprint density at radius 1 is 0.641 bits per heavy atom. The summed E-state index contributed by atoms with van der Waals surface area (Å²) in [5.74, 6) is -0.429. The van der Waals surface area contributed by atoms with Crippen molar-refractivity contribution in [1.29, 1.82) is 0 Å². The van der Waals surface area contributed by atoms with Crippen molar-refractivity contribution in [2.24, 2.45) is 0 Å². The summed E-state index contributed by atoms with van der Waals surface area (Å²) in [6.45, 7) is 9.20. The van der Waals surface area contributed by atoms with E-state index in [0.29, 0.717) is 34.7 Å². The highest BCUT2D eigenvalue weighted by molar-refractivity contribution is 6.04. The Bertz CT molecular complexity index is 1230. The third-order valence-corrected chi connectivity index (χ3v) is 6.34. The predicted molar refractivity (Wildman–Crippen MR) is 155 cm³/mol. The molecular formula is C32H39N3O4. The molecule has 0 radical (unpaired) electrons. The standard InChI is InChI=1S/C32H39N3O4/c1-5-6-7-8-9-22-39-28-20-14-25(15-21-28)31(38)35-34-30(37)24-12-18-27(19-13-24)33-29(36)23-10-16-26(17-11-23)32(2,3)4/h10-21H,5-9,22H2,1-4H3,(H,33,36)(H,34,37)(H,35,38). The summed E-state index contributed by atoms with van der Waals surface area (Å²) in [4.78, 5) is 37.5. The molecule has 0 unspecified atom stereocenters. The van der Waals surface area contributed by atoms with E-state index in [9.17, 15) is 14.4 Å². The van der Waals surface area contributed by atoms with Crippen LogP contribution in [0.4, 0.5) is 5.69 Å². The Morgan fingerprint density at radius 2 is 1.13 bits per heavy atom. The summed E-state index contributed by atoms with van der Waals surface area (Å²) in [5.41, 5.74) is 7.85. The molecule has 0 bridgehead atoms. The van der Waals surface area contributed by atoms with Gasteiger partial charge in [0.25, 0.3) is 17.7 Å². The zero-order valence-electron chi connectivity index (χ0n) is 23.3. The van der Waals surface area contributed by atoms with Gasteiger partial charge in [0.05, 0.1) is 6.61 Å². The van der Waals surface area contributed by atoms with Gasteiger partial charge in [-0.1, -0.05) is 65.5 Å². The van der Waals surface area contributed by atoms with E-state index in [1.54, 1.807) is 60.7 Å². The lowest BCUT2D eigenvalue weighted by Gasteiger charge is -2.19. The van der Waals surface area contributed by atoms with Crippen LogP contribution >= 0.6 is 0 Å². The van der Waals surface area contributed by atoms with Crippen molar-refractivity contribution in [2.75, 3.05) is 11.9 Å². The Labute approximate surface area is 231 Å². The van der Waals surface area contributed by atoms with Gasteiger partial charge in [-0.05, 0) is 78.1 Å². The molecule has 0 aliphatic rings. The molecule has 3 amide bonds. The highest BCUT2D eigenvalue weighted by Crippen LogP contribution is 2.22. The van der Waals surface area contributed by atoms with Crippen LogP contribution in [0.2, 0.25) is 0 Å². The van der Waals surface area contributed by atoms with E-state index >= 15 is 0 Å². The number of anilines is 1. The van der Waals surface area contributed by atoms with Crippen molar-refractivity contribution < 1.29 is 19.1 Å². The fourth-order valence-corrected chi connectivity index (χ4v) is 3.89. The van der Waals surface area contributed by atoms with Crippen LogP contribution in [0, 0.1) is 0 Å². The lowest BCUT2D eigenvalue weighted by molar-refractivity contribution is 0.0846. The zero-order chi connectivity index (χ0) is 28.3. The molecule has 3 N–H and O–H groups in total. The number of ether oxygens (including phenoxy) is 1. The van der Waals surface area contributed by atoms with Crippen LogP contribution in [-0.2, 0) is 5.41 Å². The maximum atomic E-state index is 12.6. The van der Waals surface area contributed by atoms with Crippen LogP contribution in [-0.4, -0.2) is 24.3 Å². The minimum absolute atomic E-state index is 0.0113. The first-order valence-electron chi connectivity index (χ1n) is 13.5. The molecule has 0 aliphatic heterocycles. The van der Waals surface area contributed by atoms with Gasteiger partial charge in [0.2, 0.25) is 0 Å². The van der Waals surface area contributed by atoms with Crippen LogP contribution in [0.15, 0.2) is 72.8 Å². The Balaban J connectivity index is 1.44. The average Bonchev–Trinajstić information content (AvgIpc) is 2.93. The van der Waals surface area contributed by atoms with Crippen molar-refractivity contribution in [3.05, 3.63) is 95.1 Å². The average molecular weight is 530 g/mol. The molecule has 7 nitrogen and oxygen atoms in total. The van der Waals surface area contributed by atoms with Gasteiger partial charge in [0.1, 0.15) is 5.75 Å². The quantitative estimate of drug-likeness (QED) is 0.191. The number of hydrazine groups is 1. The van der Waals surface area contributed by atoms with Gasteiger partial charge in [-0.3, -0.25) is 25.2 Å². The molecule has 0 heterocycles. The fourth-order valence-electron chi connectivity index (χ4n) is 3.89. The third-order valence-electron chi connectivity index (χ3n) is 6.34. The first-order chi connectivity index (χ1) is 18.7. The van der Waals surface area contributed by atoms with Crippen LogP contribution in [0.25, 0.3) is 0 Å². The maximum absolute atomic E-state index is 12.6. The molecule has 0 aromatic heterocycles. The van der Waals surface area contributed by atoms with Crippen LogP contribution in [0.3, 0.4) is 0 Å². The smallest absolute Gasteiger partial charge is 0.269 e. The Morgan fingerprint density at radius 3 is 1.67 bits per heavy atom. The van der Waals surface area contributed by atoms with Crippen LogP contribution < -0.4 is 20.9 Å². The van der Waals surface area contributed by atoms with Crippen molar-refractivity contribution in [2.45, 2.75) is 65.2 Å².